The number of carbonyl (C=O) groups excluding carboxylic acids is 1. The number of hydrogen-bond acceptors (Lipinski definition) is 5. The van der Waals surface area contributed by atoms with Crippen LogP contribution in [0.3, 0.4) is 0 Å². The zero-order valence-electron chi connectivity index (χ0n) is 12.9. The number of ether oxygens (including phenoxy) is 1. The predicted molar refractivity (Wildman–Crippen MR) is 83.5 cm³/mol. The molecule has 3 heterocycles. The second kappa shape index (κ2) is 6.60. The first kappa shape index (κ1) is 15.2. The van der Waals surface area contributed by atoms with Crippen LogP contribution in [0.4, 0.5) is 0 Å². The molecule has 1 N–H and O–H groups in total. The summed E-state index contributed by atoms with van der Waals surface area (Å²) in [5.74, 6) is 0.545. The van der Waals surface area contributed by atoms with E-state index in [0.717, 1.165) is 18.5 Å². The van der Waals surface area contributed by atoms with Crippen molar-refractivity contribution in [3.63, 3.8) is 0 Å². The average Bonchev–Trinajstić information content (AvgIpc) is 2.61. The van der Waals surface area contributed by atoms with Crippen LogP contribution in [0.2, 0.25) is 0 Å². The number of rotatable bonds is 3. The summed E-state index contributed by atoms with van der Waals surface area (Å²) in [4.78, 5) is 36.2. The third-order valence-electron chi connectivity index (χ3n) is 4.04. The van der Waals surface area contributed by atoms with Gasteiger partial charge < -0.3 is 14.6 Å². The lowest BCUT2D eigenvalue weighted by atomic mass is 9.94. The molecule has 7 heteroatoms. The minimum absolute atomic E-state index is 0.0544. The van der Waals surface area contributed by atoms with Gasteiger partial charge in [-0.3, -0.25) is 4.79 Å². The molecular weight excluding hydrogens is 296 g/mol. The minimum Gasteiger partial charge on any atom is -0.481 e. The van der Waals surface area contributed by atoms with Crippen molar-refractivity contribution in [3.05, 3.63) is 52.3 Å². The van der Waals surface area contributed by atoms with E-state index in [-0.39, 0.29) is 17.5 Å². The minimum atomic E-state index is -0.356. The highest BCUT2D eigenvalue weighted by molar-refractivity contribution is 5.94. The Bertz CT molecular complexity index is 741. The van der Waals surface area contributed by atoms with E-state index < -0.39 is 0 Å². The van der Waals surface area contributed by atoms with Crippen LogP contribution in [0.1, 0.15) is 34.8 Å². The van der Waals surface area contributed by atoms with Crippen molar-refractivity contribution in [3.8, 4) is 5.88 Å². The summed E-state index contributed by atoms with van der Waals surface area (Å²) in [5, 5.41) is 0. The molecule has 2 aromatic heterocycles. The lowest BCUT2D eigenvalue weighted by Gasteiger charge is -2.32. The van der Waals surface area contributed by atoms with E-state index in [0.29, 0.717) is 24.5 Å². The SMILES string of the molecule is COc1ccc(C(=O)N2CCC[C@H](c3ccnc(=O)[nH]3)C2)cn1. The van der Waals surface area contributed by atoms with Crippen LogP contribution in [0.5, 0.6) is 5.88 Å². The molecule has 2 aromatic rings. The van der Waals surface area contributed by atoms with E-state index in [2.05, 4.69) is 15.0 Å². The highest BCUT2D eigenvalue weighted by Gasteiger charge is 2.26. The van der Waals surface area contributed by atoms with E-state index >= 15 is 0 Å². The van der Waals surface area contributed by atoms with Crippen molar-refractivity contribution < 1.29 is 9.53 Å². The highest BCUT2D eigenvalue weighted by atomic mass is 16.5. The standard InChI is InChI=1S/C16H18N4O3/c1-23-14-5-4-11(9-18-14)15(21)20-8-2-3-12(10-20)13-6-7-17-16(22)19-13/h4-7,9,12H,2-3,8,10H2,1H3,(H,17,19,22)/t12-/m0/s1. The number of H-pyrrole nitrogens is 1. The number of pyridine rings is 1. The Balaban J connectivity index is 1.74. The molecule has 0 saturated carbocycles. The van der Waals surface area contributed by atoms with Gasteiger partial charge in [0.05, 0.1) is 12.7 Å². The Morgan fingerprint density at radius 2 is 2.22 bits per heavy atom. The summed E-state index contributed by atoms with van der Waals surface area (Å²) in [7, 11) is 1.54. The lowest BCUT2D eigenvalue weighted by molar-refractivity contribution is 0.0705. The normalized spacial score (nSPS) is 17.8. The maximum atomic E-state index is 12.6. The van der Waals surface area contributed by atoms with Gasteiger partial charge in [0.2, 0.25) is 5.88 Å². The summed E-state index contributed by atoms with van der Waals surface area (Å²) in [5.41, 5.74) is 1.01. The zero-order valence-corrected chi connectivity index (χ0v) is 12.9. The molecule has 0 radical (unpaired) electrons. The van der Waals surface area contributed by atoms with Gasteiger partial charge >= 0.3 is 5.69 Å². The molecule has 0 aromatic carbocycles. The molecular formula is C16H18N4O3. The van der Waals surface area contributed by atoms with E-state index in [9.17, 15) is 9.59 Å². The van der Waals surface area contributed by atoms with Gasteiger partial charge in [0.1, 0.15) is 0 Å². The Hall–Kier alpha value is -2.70. The fourth-order valence-corrected chi connectivity index (χ4v) is 2.85. The van der Waals surface area contributed by atoms with Crippen molar-refractivity contribution in [1.29, 1.82) is 0 Å². The Labute approximate surface area is 133 Å². The number of methoxy groups -OCH3 is 1. The van der Waals surface area contributed by atoms with Crippen LogP contribution in [0, 0.1) is 0 Å². The first-order chi connectivity index (χ1) is 11.2. The van der Waals surface area contributed by atoms with Crippen LogP contribution >= 0.6 is 0 Å². The molecule has 0 spiro atoms. The number of amides is 1. The Morgan fingerprint density at radius 3 is 2.91 bits per heavy atom. The second-order valence-electron chi connectivity index (χ2n) is 5.51. The Kier molecular flexibility index (Phi) is 4.36. The fraction of sp³-hybridized carbons (Fsp3) is 0.375. The number of nitrogens with zero attached hydrogens (tertiary/aromatic N) is 3. The number of likely N-dealkylation sites (tertiary alicyclic amines) is 1. The first-order valence-corrected chi connectivity index (χ1v) is 7.52. The summed E-state index contributed by atoms with van der Waals surface area (Å²) < 4.78 is 5.00. The van der Waals surface area contributed by atoms with E-state index in [1.165, 1.54) is 19.5 Å². The van der Waals surface area contributed by atoms with Crippen LogP contribution < -0.4 is 10.4 Å². The number of aromatic amines is 1. The fourth-order valence-electron chi connectivity index (χ4n) is 2.85. The largest absolute Gasteiger partial charge is 0.481 e. The quantitative estimate of drug-likeness (QED) is 0.919. The average molecular weight is 314 g/mol. The first-order valence-electron chi connectivity index (χ1n) is 7.52. The van der Waals surface area contributed by atoms with Crippen molar-refractivity contribution in [1.82, 2.24) is 19.9 Å². The predicted octanol–water partition coefficient (Wildman–Crippen LogP) is 1.19. The summed E-state index contributed by atoms with van der Waals surface area (Å²) >= 11 is 0. The van der Waals surface area contributed by atoms with Gasteiger partial charge in [-0.05, 0) is 25.0 Å². The van der Waals surface area contributed by atoms with Crippen LogP contribution in [-0.2, 0) is 0 Å². The van der Waals surface area contributed by atoms with E-state index in [1.54, 1.807) is 23.1 Å². The molecule has 1 aliphatic heterocycles. The molecule has 1 aliphatic rings. The molecule has 1 atom stereocenters. The molecule has 1 fully saturated rings. The number of nitrogens with one attached hydrogen (secondary N) is 1. The molecule has 1 saturated heterocycles. The number of hydrogen-bond donors (Lipinski definition) is 1. The summed E-state index contributed by atoms with van der Waals surface area (Å²) in [6, 6.07) is 5.19. The van der Waals surface area contributed by atoms with Crippen LogP contribution in [0.15, 0.2) is 35.4 Å². The summed E-state index contributed by atoms with van der Waals surface area (Å²) in [6.07, 6.45) is 4.86. The second-order valence-corrected chi connectivity index (χ2v) is 5.51. The third kappa shape index (κ3) is 3.39. The number of carbonyl (C=O) groups is 1. The lowest BCUT2D eigenvalue weighted by Crippen LogP contribution is -2.39. The van der Waals surface area contributed by atoms with Gasteiger partial charge in [0, 0.05) is 43.2 Å². The van der Waals surface area contributed by atoms with Gasteiger partial charge in [-0.1, -0.05) is 0 Å². The molecule has 3 rings (SSSR count). The molecule has 7 nitrogen and oxygen atoms in total. The zero-order chi connectivity index (χ0) is 16.2. The third-order valence-corrected chi connectivity index (χ3v) is 4.04. The maximum Gasteiger partial charge on any atom is 0.345 e. The smallest absolute Gasteiger partial charge is 0.345 e. The van der Waals surface area contributed by atoms with Crippen molar-refractivity contribution in [2.45, 2.75) is 18.8 Å². The van der Waals surface area contributed by atoms with Gasteiger partial charge in [0.15, 0.2) is 0 Å². The highest BCUT2D eigenvalue weighted by Crippen LogP contribution is 2.25. The van der Waals surface area contributed by atoms with Crippen molar-refractivity contribution in [2.24, 2.45) is 0 Å². The van der Waals surface area contributed by atoms with Gasteiger partial charge in [-0.2, -0.15) is 0 Å². The van der Waals surface area contributed by atoms with Gasteiger partial charge in [0.25, 0.3) is 5.91 Å². The van der Waals surface area contributed by atoms with Crippen molar-refractivity contribution >= 4 is 5.91 Å². The Morgan fingerprint density at radius 1 is 1.35 bits per heavy atom. The monoisotopic (exact) mass is 314 g/mol. The topological polar surface area (TPSA) is 88.2 Å². The van der Waals surface area contributed by atoms with Crippen molar-refractivity contribution in [2.75, 3.05) is 20.2 Å². The van der Waals surface area contributed by atoms with Crippen LogP contribution in [0.25, 0.3) is 0 Å². The van der Waals surface area contributed by atoms with Gasteiger partial charge in [-0.15, -0.1) is 0 Å². The van der Waals surface area contributed by atoms with E-state index in [4.69, 9.17) is 4.74 Å². The molecule has 120 valence electrons. The molecule has 0 bridgehead atoms. The number of aromatic nitrogens is 3. The summed E-state index contributed by atoms with van der Waals surface area (Å²) in [6.45, 7) is 1.28. The van der Waals surface area contributed by atoms with Crippen LogP contribution in [-0.4, -0.2) is 46.0 Å². The molecule has 0 unspecified atom stereocenters. The molecule has 0 aliphatic carbocycles. The van der Waals surface area contributed by atoms with E-state index in [1.807, 2.05) is 0 Å². The maximum absolute atomic E-state index is 12.6. The molecule has 23 heavy (non-hydrogen) atoms. The molecule has 1 amide bonds. The van der Waals surface area contributed by atoms with Gasteiger partial charge in [-0.25, -0.2) is 14.8 Å². The number of piperidine rings is 1.